The number of carbonyl (C=O) groups is 3. The van der Waals surface area contributed by atoms with Crippen molar-refractivity contribution in [3.8, 4) is 5.75 Å². The molecule has 2 aromatic carbocycles. The van der Waals surface area contributed by atoms with Gasteiger partial charge in [0.15, 0.2) is 0 Å². The van der Waals surface area contributed by atoms with Gasteiger partial charge in [0.2, 0.25) is 5.91 Å². The van der Waals surface area contributed by atoms with E-state index in [0.717, 1.165) is 65.9 Å². The van der Waals surface area contributed by atoms with Gasteiger partial charge in [0.05, 0.1) is 17.0 Å². The lowest BCUT2D eigenvalue weighted by atomic mass is 10.1. The number of hydrogen-bond donors (Lipinski definition) is 1. The lowest BCUT2D eigenvalue weighted by Crippen LogP contribution is -2.35. The maximum atomic E-state index is 13.1. The first-order valence-corrected chi connectivity index (χ1v) is 13.7. The molecule has 7 nitrogen and oxygen atoms in total. The van der Waals surface area contributed by atoms with Gasteiger partial charge in [-0.05, 0) is 54.8 Å². The van der Waals surface area contributed by atoms with Gasteiger partial charge in [-0.2, -0.15) is 0 Å². The quantitative estimate of drug-likeness (QED) is 0.386. The molecule has 0 unspecified atom stereocenters. The molecule has 0 atom stereocenters. The number of nitrogens with zero attached hydrogens (tertiary/aromatic N) is 2. The maximum Gasteiger partial charge on any atom is 0.293 e. The Morgan fingerprint density at radius 1 is 1.11 bits per heavy atom. The molecule has 192 valence electrons. The number of amides is 3. The van der Waals surface area contributed by atoms with Gasteiger partial charge in [0, 0.05) is 23.2 Å². The number of rotatable bonds is 9. The minimum atomic E-state index is -0.321. The second-order valence-corrected chi connectivity index (χ2v) is 10.4. The molecule has 2 heterocycles. The summed E-state index contributed by atoms with van der Waals surface area (Å²) in [5.74, 6) is 0.375. The van der Waals surface area contributed by atoms with Crippen molar-refractivity contribution in [3.05, 3.63) is 70.8 Å². The van der Waals surface area contributed by atoms with Crippen molar-refractivity contribution in [2.45, 2.75) is 51.6 Å². The molecular formula is C29H31N3O4S. The molecule has 2 aliphatic rings. The van der Waals surface area contributed by atoms with E-state index in [2.05, 4.69) is 18.3 Å². The lowest BCUT2D eigenvalue weighted by molar-refractivity contribution is -0.123. The van der Waals surface area contributed by atoms with Crippen molar-refractivity contribution in [2.24, 2.45) is 0 Å². The van der Waals surface area contributed by atoms with Gasteiger partial charge in [-0.3, -0.25) is 19.3 Å². The summed E-state index contributed by atoms with van der Waals surface area (Å²) in [5.41, 5.74) is 2.95. The van der Waals surface area contributed by atoms with Crippen LogP contribution in [0.15, 0.2) is 59.6 Å². The Morgan fingerprint density at radius 2 is 1.89 bits per heavy atom. The largest absolute Gasteiger partial charge is 0.492 e. The van der Waals surface area contributed by atoms with E-state index in [9.17, 15) is 14.4 Å². The van der Waals surface area contributed by atoms with Crippen LogP contribution in [0.5, 0.6) is 5.75 Å². The van der Waals surface area contributed by atoms with E-state index in [4.69, 9.17) is 4.74 Å². The number of ether oxygens (including phenoxy) is 1. The predicted molar refractivity (Wildman–Crippen MR) is 146 cm³/mol. The average Bonchev–Trinajstić information content (AvgIpc) is 3.60. The molecule has 0 spiro atoms. The second kappa shape index (κ2) is 11.3. The van der Waals surface area contributed by atoms with Crippen molar-refractivity contribution in [2.75, 3.05) is 13.2 Å². The first-order chi connectivity index (χ1) is 18.0. The Kier molecular flexibility index (Phi) is 7.65. The highest BCUT2D eigenvalue weighted by atomic mass is 32.2. The number of imide groups is 1. The highest BCUT2D eigenvalue weighted by Crippen LogP contribution is 2.35. The number of carbonyl (C=O) groups excluding carboxylic acids is 3. The van der Waals surface area contributed by atoms with Crippen LogP contribution in [0.3, 0.4) is 0 Å². The van der Waals surface area contributed by atoms with Crippen LogP contribution in [0, 0.1) is 0 Å². The fourth-order valence-electron chi connectivity index (χ4n) is 5.09. The van der Waals surface area contributed by atoms with Crippen LogP contribution < -0.4 is 10.1 Å². The van der Waals surface area contributed by atoms with Crippen molar-refractivity contribution in [3.63, 3.8) is 0 Å². The first kappa shape index (κ1) is 25.1. The van der Waals surface area contributed by atoms with Crippen molar-refractivity contribution in [1.29, 1.82) is 0 Å². The molecule has 0 bridgehead atoms. The Hall–Kier alpha value is -3.52. The van der Waals surface area contributed by atoms with E-state index >= 15 is 0 Å². The van der Waals surface area contributed by atoms with Crippen LogP contribution in [0.4, 0.5) is 4.79 Å². The van der Waals surface area contributed by atoms with Crippen LogP contribution in [0.25, 0.3) is 17.0 Å². The molecule has 8 heteroatoms. The molecule has 0 radical (unpaired) electrons. The molecule has 1 N–H and O–H groups in total. The zero-order valence-electron chi connectivity index (χ0n) is 20.9. The van der Waals surface area contributed by atoms with Gasteiger partial charge in [0.25, 0.3) is 11.1 Å². The third-order valence-corrected chi connectivity index (χ3v) is 7.82. The summed E-state index contributed by atoms with van der Waals surface area (Å²) < 4.78 is 7.65. The Balaban J connectivity index is 1.35. The normalized spacial score (nSPS) is 17.3. The van der Waals surface area contributed by atoms with Crippen LogP contribution in [-0.4, -0.2) is 45.7 Å². The van der Waals surface area contributed by atoms with Crippen LogP contribution in [0.2, 0.25) is 0 Å². The Bertz CT molecular complexity index is 1340. The third kappa shape index (κ3) is 5.59. The fourth-order valence-corrected chi connectivity index (χ4v) is 5.95. The molecule has 3 aromatic rings. The summed E-state index contributed by atoms with van der Waals surface area (Å²) >= 11 is 0.940. The molecule has 1 saturated carbocycles. The van der Waals surface area contributed by atoms with E-state index in [1.165, 1.54) is 4.90 Å². The number of aromatic nitrogens is 1. The molecular weight excluding hydrogens is 486 g/mol. The van der Waals surface area contributed by atoms with E-state index in [0.29, 0.717) is 10.7 Å². The summed E-state index contributed by atoms with van der Waals surface area (Å²) in [7, 11) is 0. The summed E-state index contributed by atoms with van der Waals surface area (Å²) in [4.78, 5) is 40.2. The Morgan fingerprint density at radius 3 is 2.65 bits per heavy atom. The van der Waals surface area contributed by atoms with E-state index < -0.39 is 0 Å². The minimum Gasteiger partial charge on any atom is -0.492 e. The van der Waals surface area contributed by atoms with Crippen molar-refractivity contribution < 1.29 is 19.1 Å². The summed E-state index contributed by atoms with van der Waals surface area (Å²) in [6, 6.07) is 15.6. The number of hydrogen-bond acceptors (Lipinski definition) is 5. The lowest BCUT2D eigenvalue weighted by Gasteiger charge is -2.13. The Labute approximate surface area is 220 Å². The highest BCUT2D eigenvalue weighted by Gasteiger charge is 2.35. The molecule has 1 aliphatic carbocycles. The summed E-state index contributed by atoms with van der Waals surface area (Å²) in [6.07, 6.45) is 8.92. The van der Waals surface area contributed by atoms with Gasteiger partial charge >= 0.3 is 0 Å². The monoisotopic (exact) mass is 517 g/mol. The molecule has 5 rings (SSSR count). The zero-order valence-corrected chi connectivity index (χ0v) is 21.8. The smallest absolute Gasteiger partial charge is 0.293 e. The average molecular weight is 518 g/mol. The molecule has 2 fully saturated rings. The molecule has 1 aliphatic heterocycles. The van der Waals surface area contributed by atoms with Crippen molar-refractivity contribution >= 4 is 45.8 Å². The number of fused-ring (bicyclic) bond motifs is 1. The number of para-hydroxylation sites is 2. The predicted octanol–water partition coefficient (Wildman–Crippen LogP) is 5.38. The molecule has 1 saturated heterocycles. The third-order valence-electron chi connectivity index (χ3n) is 6.91. The van der Waals surface area contributed by atoms with Crippen LogP contribution in [0.1, 0.15) is 43.7 Å². The molecule has 1 aromatic heterocycles. The molecule has 3 amide bonds. The van der Waals surface area contributed by atoms with Crippen LogP contribution >= 0.6 is 11.8 Å². The number of benzene rings is 2. The van der Waals surface area contributed by atoms with Gasteiger partial charge in [-0.1, -0.05) is 56.2 Å². The minimum absolute atomic E-state index is 0.00000375. The van der Waals surface area contributed by atoms with Gasteiger partial charge < -0.3 is 14.6 Å². The van der Waals surface area contributed by atoms with Crippen molar-refractivity contribution in [1.82, 2.24) is 14.8 Å². The standard InChI is InChI=1S/C29H31N3O4S/c1-2-20-9-8-14-24-21(18-31(27(20)24)19-26(33)30-22-10-6-7-11-22)17-25-28(34)32(29(35)37-25)15-16-36-23-12-4-3-5-13-23/h3-5,8-9,12-14,17-18,22H,2,6-7,10-11,15-16,19H2,1H3,(H,30,33)/b25-17-. The zero-order chi connectivity index (χ0) is 25.8. The highest BCUT2D eigenvalue weighted by molar-refractivity contribution is 8.18. The first-order valence-electron chi connectivity index (χ1n) is 12.9. The topological polar surface area (TPSA) is 80.6 Å². The number of thioether (sulfide) groups is 1. The van der Waals surface area contributed by atoms with E-state index in [1.54, 1.807) is 6.08 Å². The van der Waals surface area contributed by atoms with E-state index in [-0.39, 0.29) is 42.8 Å². The van der Waals surface area contributed by atoms with Gasteiger partial charge in [-0.15, -0.1) is 0 Å². The van der Waals surface area contributed by atoms with Gasteiger partial charge in [-0.25, -0.2) is 0 Å². The SMILES string of the molecule is CCc1cccc2c(/C=C3\SC(=O)N(CCOc4ccccc4)C3=O)cn(CC(=O)NC3CCCC3)c12. The van der Waals surface area contributed by atoms with Gasteiger partial charge in [0.1, 0.15) is 18.9 Å². The second-order valence-electron chi connectivity index (χ2n) is 9.42. The van der Waals surface area contributed by atoms with E-state index in [1.807, 2.05) is 53.2 Å². The maximum absolute atomic E-state index is 13.1. The summed E-state index contributed by atoms with van der Waals surface area (Å²) in [6.45, 7) is 2.72. The molecule has 37 heavy (non-hydrogen) atoms. The number of aryl methyl sites for hydroxylation is 1. The fraction of sp³-hybridized carbons (Fsp3) is 0.345. The summed E-state index contributed by atoms with van der Waals surface area (Å²) in [5, 5.41) is 3.83. The number of nitrogens with one attached hydrogen (secondary N) is 1. The van der Waals surface area contributed by atoms with Crippen LogP contribution in [-0.2, 0) is 22.6 Å².